The molecule has 1 unspecified atom stereocenters. The SMILES string of the molecule is C[C@H](N)C(=O)Nc1cccc(Nc2ncc(Br)c(NCCCN3CCC(C(=O)O)C3=O)n2)c1. The third-order valence-electron chi connectivity index (χ3n) is 5.04. The van der Waals surface area contributed by atoms with Gasteiger partial charge in [0.15, 0.2) is 0 Å². The zero-order chi connectivity index (χ0) is 24.0. The third-order valence-corrected chi connectivity index (χ3v) is 5.62. The van der Waals surface area contributed by atoms with Crippen LogP contribution >= 0.6 is 15.9 Å². The van der Waals surface area contributed by atoms with Crippen LogP contribution in [0.25, 0.3) is 0 Å². The number of likely N-dealkylation sites (tertiary alicyclic amines) is 1. The highest BCUT2D eigenvalue weighted by molar-refractivity contribution is 9.10. The van der Waals surface area contributed by atoms with E-state index in [-0.39, 0.29) is 11.8 Å². The minimum absolute atomic E-state index is 0.285. The summed E-state index contributed by atoms with van der Waals surface area (Å²) in [6.07, 6.45) is 2.60. The first-order valence-corrected chi connectivity index (χ1v) is 11.3. The summed E-state index contributed by atoms with van der Waals surface area (Å²) in [6.45, 7) is 3.08. The molecule has 0 spiro atoms. The second-order valence-electron chi connectivity index (χ2n) is 7.66. The van der Waals surface area contributed by atoms with Crippen molar-refractivity contribution in [3.63, 3.8) is 0 Å². The number of nitrogens with zero attached hydrogens (tertiary/aromatic N) is 3. The van der Waals surface area contributed by atoms with Gasteiger partial charge < -0.3 is 31.7 Å². The van der Waals surface area contributed by atoms with Crippen LogP contribution in [0.1, 0.15) is 19.8 Å². The summed E-state index contributed by atoms with van der Waals surface area (Å²) < 4.78 is 0.675. The maximum Gasteiger partial charge on any atom is 0.316 e. The summed E-state index contributed by atoms with van der Waals surface area (Å²) >= 11 is 3.42. The van der Waals surface area contributed by atoms with Gasteiger partial charge in [-0.05, 0) is 53.9 Å². The van der Waals surface area contributed by atoms with Gasteiger partial charge in [-0.2, -0.15) is 4.98 Å². The number of nitrogens with one attached hydrogen (secondary N) is 3. The Balaban J connectivity index is 1.54. The van der Waals surface area contributed by atoms with Crippen molar-refractivity contribution in [2.24, 2.45) is 11.7 Å². The topological polar surface area (TPSA) is 163 Å². The smallest absolute Gasteiger partial charge is 0.316 e. The number of nitrogens with two attached hydrogens (primary N) is 1. The van der Waals surface area contributed by atoms with Gasteiger partial charge in [0.25, 0.3) is 0 Å². The van der Waals surface area contributed by atoms with E-state index in [0.717, 1.165) is 0 Å². The molecule has 0 saturated carbocycles. The number of carboxylic acids is 1. The van der Waals surface area contributed by atoms with Crippen molar-refractivity contribution in [2.75, 3.05) is 35.6 Å². The lowest BCUT2D eigenvalue weighted by Crippen LogP contribution is -2.32. The van der Waals surface area contributed by atoms with E-state index in [1.807, 2.05) is 6.07 Å². The Morgan fingerprint density at radius 1 is 1.36 bits per heavy atom. The molecule has 1 aliphatic rings. The van der Waals surface area contributed by atoms with Crippen molar-refractivity contribution >= 4 is 56.9 Å². The van der Waals surface area contributed by atoms with Gasteiger partial charge in [0.1, 0.15) is 11.7 Å². The molecule has 12 heteroatoms. The number of aliphatic carboxylic acids is 1. The predicted octanol–water partition coefficient (Wildman–Crippen LogP) is 2.00. The van der Waals surface area contributed by atoms with E-state index < -0.39 is 17.9 Å². The lowest BCUT2D eigenvalue weighted by molar-refractivity contribution is -0.147. The number of hydrogen-bond acceptors (Lipinski definition) is 8. The van der Waals surface area contributed by atoms with Crippen LogP contribution in [0.2, 0.25) is 0 Å². The molecule has 1 fully saturated rings. The van der Waals surface area contributed by atoms with Gasteiger partial charge in [0, 0.05) is 37.2 Å². The summed E-state index contributed by atoms with van der Waals surface area (Å²) in [6, 6.07) is 6.48. The van der Waals surface area contributed by atoms with E-state index in [1.54, 1.807) is 36.2 Å². The number of benzene rings is 1. The van der Waals surface area contributed by atoms with Gasteiger partial charge in [-0.1, -0.05) is 6.07 Å². The number of halogens is 1. The van der Waals surface area contributed by atoms with Gasteiger partial charge in [-0.25, -0.2) is 4.98 Å². The minimum Gasteiger partial charge on any atom is -0.481 e. The first-order chi connectivity index (χ1) is 15.7. The molecule has 1 saturated heterocycles. The van der Waals surface area contributed by atoms with Gasteiger partial charge in [0.05, 0.1) is 10.5 Å². The van der Waals surface area contributed by atoms with Crippen molar-refractivity contribution < 1.29 is 19.5 Å². The molecule has 0 aliphatic carbocycles. The Morgan fingerprint density at radius 3 is 2.82 bits per heavy atom. The molecule has 1 aromatic carbocycles. The summed E-state index contributed by atoms with van der Waals surface area (Å²) in [5.74, 6) is -1.66. The lowest BCUT2D eigenvalue weighted by Gasteiger charge is -2.16. The average molecular weight is 520 g/mol. The standard InChI is InChI=1S/C21H26BrN7O4/c1-12(23)18(30)26-13-4-2-5-14(10-13)27-21-25-11-16(22)17(28-21)24-7-3-8-29-9-6-15(19(29)31)20(32)33/h2,4-5,10-12,15H,3,6-9,23H2,1H3,(H,26,30)(H,32,33)(H2,24,25,27,28)/t12-,15?/m0/s1. The summed E-state index contributed by atoms with van der Waals surface area (Å²) in [7, 11) is 0. The average Bonchev–Trinajstić information content (AvgIpc) is 3.14. The predicted molar refractivity (Wildman–Crippen MR) is 127 cm³/mol. The van der Waals surface area contributed by atoms with E-state index >= 15 is 0 Å². The number of carboxylic acid groups (broad SMARTS) is 1. The van der Waals surface area contributed by atoms with E-state index in [0.29, 0.717) is 60.1 Å². The molecule has 11 nitrogen and oxygen atoms in total. The number of hydrogen-bond donors (Lipinski definition) is 5. The fourth-order valence-electron chi connectivity index (χ4n) is 3.28. The fraction of sp³-hybridized carbons (Fsp3) is 0.381. The van der Waals surface area contributed by atoms with E-state index in [1.165, 1.54) is 0 Å². The number of amides is 2. The monoisotopic (exact) mass is 519 g/mol. The van der Waals surface area contributed by atoms with E-state index in [2.05, 4.69) is 41.8 Å². The molecule has 6 N–H and O–H groups in total. The second kappa shape index (κ2) is 11.1. The largest absolute Gasteiger partial charge is 0.481 e. The van der Waals surface area contributed by atoms with E-state index in [9.17, 15) is 14.4 Å². The van der Waals surface area contributed by atoms with Crippen LogP contribution in [0.5, 0.6) is 0 Å². The summed E-state index contributed by atoms with van der Waals surface area (Å²) in [5.41, 5.74) is 6.87. The first-order valence-electron chi connectivity index (χ1n) is 10.5. The molecular formula is C21H26BrN7O4. The summed E-state index contributed by atoms with van der Waals surface area (Å²) in [5, 5.41) is 18.1. The van der Waals surface area contributed by atoms with Crippen LogP contribution < -0.4 is 21.7 Å². The molecule has 2 heterocycles. The number of rotatable bonds is 10. The number of anilines is 4. The molecule has 2 amide bonds. The van der Waals surface area contributed by atoms with Crippen LogP contribution in [0.15, 0.2) is 34.9 Å². The highest BCUT2D eigenvalue weighted by atomic mass is 79.9. The molecule has 0 bridgehead atoms. The van der Waals surface area contributed by atoms with Gasteiger partial charge in [0.2, 0.25) is 17.8 Å². The van der Waals surface area contributed by atoms with Crippen molar-refractivity contribution in [3.05, 3.63) is 34.9 Å². The van der Waals surface area contributed by atoms with Crippen molar-refractivity contribution in [3.8, 4) is 0 Å². The summed E-state index contributed by atoms with van der Waals surface area (Å²) in [4.78, 5) is 45.2. The first kappa shape index (κ1) is 24.4. The maximum atomic E-state index is 12.1. The quantitative estimate of drug-likeness (QED) is 0.233. The number of carbonyl (C=O) groups is 3. The molecular weight excluding hydrogens is 494 g/mol. The van der Waals surface area contributed by atoms with Crippen LogP contribution in [-0.2, 0) is 14.4 Å². The van der Waals surface area contributed by atoms with Crippen LogP contribution in [0, 0.1) is 5.92 Å². The molecule has 33 heavy (non-hydrogen) atoms. The zero-order valence-electron chi connectivity index (χ0n) is 18.0. The maximum absolute atomic E-state index is 12.1. The molecule has 1 aromatic heterocycles. The molecule has 176 valence electrons. The highest BCUT2D eigenvalue weighted by Gasteiger charge is 2.36. The fourth-order valence-corrected chi connectivity index (χ4v) is 3.61. The third kappa shape index (κ3) is 6.62. The molecule has 0 radical (unpaired) electrons. The Labute approximate surface area is 199 Å². The zero-order valence-corrected chi connectivity index (χ0v) is 19.6. The Morgan fingerprint density at radius 2 is 2.12 bits per heavy atom. The van der Waals surface area contributed by atoms with Crippen molar-refractivity contribution in [1.29, 1.82) is 0 Å². The number of aromatic nitrogens is 2. The molecule has 2 aromatic rings. The van der Waals surface area contributed by atoms with Crippen LogP contribution in [0.3, 0.4) is 0 Å². The number of carbonyl (C=O) groups excluding carboxylic acids is 2. The second-order valence-corrected chi connectivity index (χ2v) is 8.51. The molecule has 3 rings (SSSR count). The Hall–Kier alpha value is -3.25. The minimum atomic E-state index is -1.06. The van der Waals surface area contributed by atoms with Crippen LogP contribution in [-0.4, -0.2) is 63.4 Å². The van der Waals surface area contributed by atoms with Crippen LogP contribution in [0.4, 0.5) is 23.1 Å². The van der Waals surface area contributed by atoms with E-state index in [4.69, 9.17) is 10.8 Å². The normalized spacial score (nSPS) is 16.4. The molecule has 1 aliphatic heterocycles. The van der Waals surface area contributed by atoms with Crippen molar-refractivity contribution in [1.82, 2.24) is 14.9 Å². The van der Waals surface area contributed by atoms with Crippen molar-refractivity contribution in [2.45, 2.75) is 25.8 Å². The Bertz CT molecular complexity index is 1030. The van der Waals surface area contributed by atoms with Gasteiger partial charge in [-0.15, -0.1) is 0 Å². The lowest BCUT2D eigenvalue weighted by atomic mass is 10.1. The molecule has 2 atom stereocenters. The highest BCUT2D eigenvalue weighted by Crippen LogP contribution is 2.24. The Kier molecular flexibility index (Phi) is 8.17. The van der Waals surface area contributed by atoms with Gasteiger partial charge >= 0.3 is 5.97 Å². The van der Waals surface area contributed by atoms with Gasteiger partial charge in [-0.3, -0.25) is 14.4 Å².